The maximum Gasteiger partial charge on any atom is 0.228 e. The van der Waals surface area contributed by atoms with E-state index in [0.717, 1.165) is 32.4 Å². The molecule has 0 aliphatic carbocycles. The van der Waals surface area contributed by atoms with E-state index in [1.54, 1.807) is 0 Å². The molecule has 0 bridgehead atoms. The van der Waals surface area contributed by atoms with Crippen molar-refractivity contribution in [2.45, 2.75) is 45.3 Å². The third-order valence-electron chi connectivity index (χ3n) is 4.14. The predicted octanol–water partition coefficient (Wildman–Crippen LogP) is 0.997. The average Bonchev–Trinajstić information content (AvgIpc) is 2.75. The zero-order valence-corrected chi connectivity index (χ0v) is 10.9. The molecular formula is C13H24N2O2. The Morgan fingerprint density at radius 2 is 2.06 bits per heavy atom. The van der Waals surface area contributed by atoms with Crippen molar-refractivity contribution in [1.82, 2.24) is 4.90 Å². The van der Waals surface area contributed by atoms with Crippen LogP contribution in [0.1, 0.15) is 33.1 Å². The number of ether oxygens (including phenoxy) is 1. The molecule has 2 fully saturated rings. The minimum atomic E-state index is 0.0943. The van der Waals surface area contributed by atoms with Gasteiger partial charge >= 0.3 is 0 Å². The van der Waals surface area contributed by atoms with E-state index < -0.39 is 0 Å². The van der Waals surface area contributed by atoms with E-state index in [-0.39, 0.29) is 24.0 Å². The van der Waals surface area contributed by atoms with Crippen LogP contribution in [0.2, 0.25) is 0 Å². The smallest absolute Gasteiger partial charge is 0.228 e. The molecule has 17 heavy (non-hydrogen) atoms. The minimum absolute atomic E-state index is 0.0943. The monoisotopic (exact) mass is 240 g/mol. The summed E-state index contributed by atoms with van der Waals surface area (Å²) in [6.45, 7) is 6.45. The topological polar surface area (TPSA) is 55.6 Å². The molecule has 2 rings (SSSR count). The third-order valence-corrected chi connectivity index (χ3v) is 4.14. The number of carbonyl (C=O) groups is 1. The number of hydrogen-bond donors (Lipinski definition) is 1. The number of nitrogens with zero attached hydrogens (tertiary/aromatic N) is 1. The molecule has 0 saturated carbocycles. The normalized spacial score (nSPS) is 32.8. The van der Waals surface area contributed by atoms with Crippen molar-refractivity contribution in [2.24, 2.45) is 17.6 Å². The molecule has 2 heterocycles. The molecule has 0 spiro atoms. The second-order valence-electron chi connectivity index (χ2n) is 5.60. The van der Waals surface area contributed by atoms with Crippen molar-refractivity contribution in [3.63, 3.8) is 0 Å². The molecular weight excluding hydrogens is 216 g/mol. The first-order valence-corrected chi connectivity index (χ1v) is 6.74. The molecule has 0 radical (unpaired) electrons. The van der Waals surface area contributed by atoms with E-state index in [0.29, 0.717) is 12.5 Å². The van der Waals surface area contributed by atoms with Gasteiger partial charge < -0.3 is 15.4 Å². The highest BCUT2D eigenvalue weighted by Gasteiger charge is 2.33. The van der Waals surface area contributed by atoms with Crippen molar-refractivity contribution >= 4 is 5.91 Å². The highest BCUT2D eigenvalue weighted by molar-refractivity contribution is 5.79. The third kappa shape index (κ3) is 2.99. The van der Waals surface area contributed by atoms with Gasteiger partial charge in [-0.1, -0.05) is 0 Å². The van der Waals surface area contributed by atoms with Gasteiger partial charge in [-0.3, -0.25) is 4.79 Å². The summed E-state index contributed by atoms with van der Waals surface area (Å²) in [6, 6.07) is 0.252. The molecule has 3 unspecified atom stereocenters. The van der Waals surface area contributed by atoms with Crippen LogP contribution in [-0.4, -0.2) is 42.6 Å². The summed E-state index contributed by atoms with van der Waals surface area (Å²) in [5, 5.41) is 0. The van der Waals surface area contributed by atoms with Crippen molar-refractivity contribution in [1.29, 1.82) is 0 Å². The van der Waals surface area contributed by atoms with E-state index in [2.05, 4.69) is 6.92 Å². The van der Waals surface area contributed by atoms with E-state index >= 15 is 0 Å². The number of hydrogen-bond acceptors (Lipinski definition) is 3. The van der Waals surface area contributed by atoms with Crippen LogP contribution in [0.25, 0.3) is 0 Å². The molecule has 2 aliphatic rings. The van der Waals surface area contributed by atoms with Gasteiger partial charge in [-0.25, -0.2) is 0 Å². The molecule has 3 atom stereocenters. The molecule has 2 N–H and O–H groups in total. The number of amides is 1. The van der Waals surface area contributed by atoms with E-state index in [1.807, 2.05) is 11.8 Å². The Labute approximate surface area is 103 Å². The Kier molecular flexibility index (Phi) is 4.05. The maximum atomic E-state index is 12.2. The molecule has 1 amide bonds. The second kappa shape index (κ2) is 5.36. The lowest BCUT2D eigenvalue weighted by Gasteiger charge is -2.34. The van der Waals surface area contributed by atoms with Crippen LogP contribution in [0, 0.1) is 11.8 Å². The first-order valence-electron chi connectivity index (χ1n) is 6.74. The van der Waals surface area contributed by atoms with Gasteiger partial charge in [0.05, 0.1) is 18.6 Å². The number of carbonyl (C=O) groups excluding carboxylic acids is 1. The Balaban J connectivity index is 1.82. The lowest BCUT2D eigenvalue weighted by Crippen LogP contribution is -2.44. The molecule has 98 valence electrons. The summed E-state index contributed by atoms with van der Waals surface area (Å²) >= 11 is 0. The number of nitrogens with two attached hydrogens (primary N) is 1. The summed E-state index contributed by atoms with van der Waals surface area (Å²) < 4.78 is 5.47. The largest absolute Gasteiger partial charge is 0.378 e. The summed E-state index contributed by atoms with van der Waals surface area (Å²) in [4.78, 5) is 14.2. The summed E-state index contributed by atoms with van der Waals surface area (Å²) in [5.41, 5.74) is 5.91. The fourth-order valence-electron chi connectivity index (χ4n) is 2.89. The van der Waals surface area contributed by atoms with Gasteiger partial charge in [-0.15, -0.1) is 0 Å². The molecule has 0 aromatic rings. The van der Waals surface area contributed by atoms with Gasteiger partial charge in [0.25, 0.3) is 0 Å². The van der Waals surface area contributed by atoms with Crippen LogP contribution in [0.15, 0.2) is 0 Å². The number of likely N-dealkylation sites (tertiary alicyclic amines) is 1. The quantitative estimate of drug-likeness (QED) is 0.783. The predicted molar refractivity (Wildman–Crippen MR) is 66.5 cm³/mol. The van der Waals surface area contributed by atoms with Gasteiger partial charge in [0.15, 0.2) is 0 Å². The van der Waals surface area contributed by atoms with Crippen molar-refractivity contribution in [2.75, 3.05) is 19.7 Å². The lowest BCUT2D eigenvalue weighted by atomic mass is 9.90. The van der Waals surface area contributed by atoms with Gasteiger partial charge in [-0.2, -0.15) is 0 Å². The van der Waals surface area contributed by atoms with Crippen LogP contribution in [0.4, 0.5) is 0 Å². The zero-order valence-electron chi connectivity index (χ0n) is 10.9. The Morgan fingerprint density at radius 1 is 1.41 bits per heavy atom. The number of rotatable bonds is 2. The highest BCUT2D eigenvalue weighted by atomic mass is 16.5. The number of piperidine rings is 1. The van der Waals surface area contributed by atoms with Gasteiger partial charge in [-0.05, 0) is 39.0 Å². The molecule has 0 aromatic heterocycles. The second-order valence-corrected chi connectivity index (χ2v) is 5.60. The van der Waals surface area contributed by atoms with Crippen LogP contribution < -0.4 is 5.73 Å². The van der Waals surface area contributed by atoms with E-state index in [4.69, 9.17) is 10.5 Å². The van der Waals surface area contributed by atoms with Crippen LogP contribution in [0.3, 0.4) is 0 Å². The Bertz CT molecular complexity index is 273. The summed E-state index contributed by atoms with van der Waals surface area (Å²) in [5.74, 6) is 0.965. The highest BCUT2D eigenvalue weighted by Crippen LogP contribution is 2.25. The Morgan fingerprint density at radius 3 is 2.53 bits per heavy atom. The molecule has 0 aromatic carbocycles. The first kappa shape index (κ1) is 12.8. The van der Waals surface area contributed by atoms with Gasteiger partial charge in [0, 0.05) is 19.1 Å². The fraction of sp³-hybridized carbons (Fsp3) is 0.923. The van der Waals surface area contributed by atoms with Crippen molar-refractivity contribution in [3.8, 4) is 0 Å². The van der Waals surface area contributed by atoms with Crippen LogP contribution in [-0.2, 0) is 9.53 Å². The van der Waals surface area contributed by atoms with E-state index in [9.17, 15) is 4.79 Å². The SMILES string of the molecule is CC1CC(C(=O)N2CCC(C(C)N)CC2)CO1. The van der Waals surface area contributed by atoms with Gasteiger partial charge in [0.1, 0.15) is 0 Å². The Hall–Kier alpha value is -0.610. The molecule has 2 saturated heterocycles. The molecule has 2 aliphatic heterocycles. The van der Waals surface area contributed by atoms with Crippen LogP contribution >= 0.6 is 0 Å². The maximum absolute atomic E-state index is 12.2. The summed E-state index contributed by atoms with van der Waals surface area (Å²) in [6.07, 6.45) is 3.22. The first-order chi connectivity index (χ1) is 8.08. The summed E-state index contributed by atoms with van der Waals surface area (Å²) in [7, 11) is 0. The fourth-order valence-corrected chi connectivity index (χ4v) is 2.89. The van der Waals surface area contributed by atoms with Crippen molar-refractivity contribution < 1.29 is 9.53 Å². The van der Waals surface area contributed by atoms with Crippen molar-refractivity contribution in [3.05, 3.63) is 0 Å². The standard InChI is InChI=1S/C13H24N2O2/c1-9-7-12(8-17-9)13(16)15-5-3-11(4-6-15)10(2)14/h9-12H,3-8,14H2,1-2H3. The molecule has 4 nitrogen and oxygen atoms in total. The van der Waals surface area contributed by atoms with E-state index in [1.165, 1.54) is 0 Å². The molecule has 4 heteroatoms. The van der Waals surface area contributed by atoms with Crippen LogP contribution in [0.5, 0.6) is 0 Å². The zero-order chi connectivity index (χ0) is 12.4. The lowest BCUT2D eigenvalue weighted by molar-refractivity contribution is -0.137. The average molecular weight is 240 g/mol. The van der Waals surface area contributed by atoms with Gasteiger partial charge in [0.2, 0.25) is 5.91 Å². The minimum Gasteiger partial charge on any atom is -0.378 e.